The summed E-state index contributed by atoms with van der Waals surface area (Å²) in [5.74, 6) is -0.342. The fraction of sp³-hybridized carbons (Fsp3) is 0.400. The van der Waals surface area contributed by atoms with Crippen LogP contribution in [0.4, 0.5) is 11.6 Å². The molecule has 1 aliphatic heterocycles. The number of carbonyl (C=O) groups excluding carboxylic acids is 1. The lowest BCUT2D eigenvalue weighted by Crippen LogP contribution is -2.40. The molecule has 3 rings (SSSR count). The second kappa shape index (κ2) is 4.19. The van der Waals surface area contributed by atoms with Gasteiger partial charge in [-0.1, -0.05) is 11.3 Å². The number of amides is 1. The SMILES string of the molecule is NC(=O)[C@H]1CCCN1c1nc2sccn2c1[N+](=O)[O-]. The molecule has 100 valence electrons. The van der Waals surface area contributed by atoms with Gasteiger partial charge in [-0.25, -0.2) is 0 Å². The first-order chi connectivity index (χ1) is 9.09. The quantitative estimate of drug-likeness (QED) is 0.660. The molecule has 0 unspecified atom stereocenters. The molecule has 1 aliphatic rings. The number of imidazole rings is 1. The zero-order chi connectivity index (χ0) is 13.6. The molecular formula is C10H11N5O3S. The van der Waals surface area contributed by atoms with Crippen LogP contribution in [0.3, 0.4) is 0 Å². The number of hydrogen-bond acceptors (Lipinski definition) is 6. The van der Waals surface area contributed by atoms with Crippen LogP contribution < -0.4 is 10.6 Å². The highest BCUT2D eigenvalue weighted by Gasteiger charge is 2.36. The molecule has 1 amide bonds. The number of anilines is 1. The van der Waals surface area contributed by atoms with Gasteiger partial charge in [-0.3, -0.25) is 4.79 Å². The topological polar surface area (TPSA) is 107 Å². The van der Waals surface area contributed by atoms with Crippen LogP contribution >= 0.6 is 11.3 Å². The van der Waals surface area contributed by atoms with E-state index >= 15 is 0 Å². The van der Waals surface area contributed by atoms with Gasteiger partial charge in [0.1, 0.15) is 12.2 Å². The third-order valence-corrected chi connectivity index (χ3v) is 4.00. The highest BCUT2D eigenvalue weighted by atomic mass is 32.1. The standard InChI is InChI=1S/C10H11N5O3S/c11-7(16)6-2-1-3-13(6)8-9(15(17)18)14-4-5-19-10(14)12-8/h4-6H,1-3H2,(H2,11,16)/t6-/m1/s1. The molecule has 2 N–H and O–H groups in total. The van der Waals surface area contributed by atoms with Crippen molar-refractivity contribution in [2.45, 2.75) is 18.9 Å². The summed E-state index contributed by atoms with van der Waals surface area (Å²) in [6.45, 7) is 0.555. The minimum atomic E-state index is -0.511. The zero-order valence-corrected chi connectivity index (χ0v) is 10.7. The van der Waals surface area contributed by atoms with Crippen LogP contribution in [0.5, 0.6) is 0 Å². The molecule has 8 nitrogen and oxygen atoms in total. The largest absolute Gasteiger partial charge is 0.373 e. The van der Waals surface area contributed by atoms with E-state index in [0.717, 1.165) is 6.42 Å². The Kier molecular flexibility index (Phi) is 2.63. The summed E-state index contributed by atoms with van der Waals surface area (Å²) in [6.07, 6.45) is 2.98. The minimum Gasteiger partial charge on any atom is -0.368 e. The third-order valence-electron chi connectivity index (χ3n) is 3.25. The normalized spacial score (nSPS) is 19.2. The fourth-order valence-corrected chi connectivity index (χ4v) is 3.15. The van der Waals surface area contributed by atoms with E-state index in [1.54, 1.807) is 16.5 Å². The molecule has 2 aromatic heterocycles. The molecule has 1 fully saturated rings. The highest BCUT2D eigenvalue weighted by molar-refractivity contribution is 7.15. The maximum absolute atomic E-state index is 11.4. The van der Waals surface area contributed by atoms with Crippen molar-refractivity contribution in [2.24, 2.45) is 5.73 Å². The first kappa shape index (κ1) is 11.9. The van der Waals surface area contributed by atoms with Crippen molar-refractivity contribution in [3.05, 3.63) is 21.7 Å². The molecule has 0 bridgehead atoms. The Bertz CT molecular complexity index is 663. The van der Waals surface area contributed by atoms with E-state index in [1.165, 1.54) is 15.7 Å². The summed E-state index contributed by atoms with van der Waals surface area (Å²) in [7, 11) is 0. The van der Waals surface area contributed by atoms with Gasteiger partial charge in [-0.2, -0.15) is 9.38 Å². The van der Waals surface area contributed by atoms with Crippen molar-refractivity contribution in [2.75, 3.05) is 11.4 Å². The Morgan fingerprint density at radius 2 is 2.42 bits per heavy atom. The number of nitrogens with zero attached hydrogens (tertiary/aromatic N) is 4. The molecule has 3 heterocycles. The van der Waals surface area contributed by atoms with E-state index in [4.69, 9.17) is 5.73 Å². The molecule has 0 aromatic carbocycles. The lowest BCUT2D eigenvalue weighted by atomic mass is 10.2. The number of rotatable bonds is 3. The Morgan fingerprint density at radius 3 is 3.11 bits per heavy atom. The number of primary amides is 1. The number of aromatic nitrogens is 2. The van der Waals surface area contributed by atoms with Crippen LogP contribution in [0.15, 0.2) is 11.6 Å². The second-order valence-electron chi connectivity index (χ2n) is 4.33. The van der Waals surface area contributed by atoms with Crippen LogP contribution in [-0.4, -0.2) is 32.8 Å². The number of thiazole rings is 1. The maximum Gasteiger partial charge on any atom is 0.373 e. The van der Waals surface area contributed by atoms with E-state index < -0.39 is 16.9 Å². The van der Waals surface area contributed by atoms with Crippen LogP contribution in [0.2, 0.25) is 0 Å². The van der Waals surface area contributed by atoms with E-state index in [1.807, 2.05) is 0 Å². The second-order valence-corrected chi connectivity index (χ2v) is 5.20. The zero-order valence-electron chi connectivity index (χ0n) is 9.85. The highest BCUT2D eigenvalue weighted by Crippen LogP contribution is 2.34. The Balaban J connectivity index is 2.14. The van der Waals surface area contributed by atoms with Crippen molar-refractivity contribution >= 4 is 33.8 Å². The Labute approximate surface area is 111 Å². The lowest BCUT2D eigenvalue weighted by molar-refractivity contribution is -0.389. The van der Waals surface area contributed by atoms with Crippen LogP contribution in [-0.2, 0) is 4.79 Å². The minimum absolute atomic E-state index is 0.107. The van der Waals surface area contributed by atoms with Crippen LogP contribution in [0.25, 0.3) is 4.96 Å². The van der Waals surface area contributed by atoms with Crippen molar-refractivity contribution in [3.63, 3.8) is 0 Å². The van der Waals surface area contributed by atoms with Gasteiger partial charge in [-0.05, 0) is 17.8 Å². The maximum atomic E-state index is 11.4. The van der Waals surface area contributed by atoms with Crippen molar-refractivity contribution in [3.8, 4) is 0 Å². The lowest BCUT2D eigenvalue weighted by Gasteiger charge is -2.20. The number of nitrogens with two attached hydrogens (primary N) is 1. The predicted molar refractivity (Wildman–Crippen MR) is 69.3 cm³/mol. The molecule has 0 saturated carbocycles. The summed E-state index contributed by atoms with van der Waals surface area (Å²) in [5, 5.41) is 13.0. The van der Waals surface area contributed by atoms with Crippen LogP contribution in [0.1, 0.15) is 12.8 Å². The molecule has 1 atom stereocenters. The van der Waals surface area contributed by atoms with Gasteiger partial charge in [-0.15, -0.1) is 0 Å². The molecule has 0 radical (unpaired) electrons. The van der Waals surface area contributed by atoms with Gasteiger partial charge in [0.15, 0.2) is 0 Å². The van der Waals surface area contributed by atoms with Gasteiger partial charge in [0.25, 0.3) is 4.96 Å². The third kappa shape index (κ3) is 1.73. The summed E-state index contributed by atoms with van der Waals surface area (Å²) in [5.41, 5.74) is 5.34. The van der Waals surface area contributed by atoms with Crippen molar-refractivity contribution < 1.29 is 9.72 Å². The summed E-state index contributed by atoms with van der Waals surface area (Å²) in [4.78, 5) is 28.6. The van der Waals surface area contributed by atoms with Gasteiger partial charge in [0.05, 0.1) is 0 Å². The van der Waals surface area contributed by atoms with Gasteiger partial charge in [0.2, 0.25) is 11.7 Å². The molecule has 2 aromatic rings. The number of hydrogen-bond donors (Lipinski definition) is 1. The van der Waals surface area contributed by atoms with E-state index in [9.17, 15) is 14.9 Å². The fourth-order valence-electron chi connectivity index (χ4n) is 2.44. The Hall–Kier alpha value is -2.16. The predicted octanol–water partition coefficient (Wildman–Crippen LogP) is 0.758. The molecule has 0 spiro atoms. The first-order valence-corrected chi connectivity index (χ1v) is 6.63. The molecule has 1 saturated heterocycles. The van der Waals surface area contributed by atoms with Gasteiger partial charge in [0, 0.05) is 11.9 Å². The number of nitro groups is 1. The Morgan fingerprint density at radius 1 is 1.63 bits per heavy atom. The van der Waals surface area contributed by atoms with Gasteiger partial charge < -0.3 is 20.7 Å². The summed E-state index contributed by atoms with van der Waals surface area (Å²) >= 11 is 1.31. The summed E-state index contributed by atoms with van der Waals surface area (Å²) in [6, 6.07) is -0.511. The smallest absolute Gasteiger partial charge is 0.368 e. The first-order valence-electron chi connectivity index (χ1n) is 5.75. The summed E-state index contributed by atoms with van der Waals surface area (Å²) < 4.78 is 1.43. The average Bonchev–Trinajstić information content (AvgIpc) is 3.01. The van der Waals surface area contributed by atoms with E-state index in [2.05, 4.69) is 4.98 Å². The van der Waals surface area contributed by atoms with Gasteiger partial charge >= 0.3 is 5.82 Å². The molecule has 19 heavy (non-hydrogen) atoms. The monoisotopic (exact) mass is 281 g/mol. The molecular weight excluding hydrogens is 270 g/mol. The number of carbonyl (C=O) groups is 1. The van der Waals surface area contributed by atoms with E-state index in [-0.39, 0.29) is 11.6 Å². The van der Waals surface area contributed by atoms with Crippen molar-refractivity contribution in [1.29, 1.82) is 0 Å². The van der Waals surface area contributed by atoms with Crippen molar-refractivity contribution in [1.82, 2.24) is 9.38 Å². The number of fused-ring (bicyclic) bond motifs is 1. The molecule has 9 heteroatoms. The van der Waals surface area contributed by atoms with Crippen LogP contribution in [0, 0.1) is 10.1 Å². The average molecular weight is 281 g/mol. The van der Waals surface area contributed by atoms with E-state index in [0.29, 0.717) is 17.9 Å². The molecule has 0 aliphatic carbocycles.